The van der Waals surface area contributed by atoms with Crippen LogP contribution in [0.2, 0.25) is 0 Å². The normalized spacial score (nSPS) is 11.1. The third-order valence-electron chi connectivity index (χ3n) is 3.41. The SMILES string of the molecule is Cn1c(=O)c2c(CC(=O)O)cc(=O)oc2c2ccccc21. The summed E-state index contributed by atoms with van der Waals surface area (Å²) >= 11 is 0. The second-order valence-electron chi connectivity index (χ2n) is 4.75. The van der Waals surface area contributed by atoms with Gasteiger partial charge in [-0.15, -0.1) is 0 Å². The molecule has 0 spiro atoms. The fourth-order valence-corrected chi connectivity index (χ4v) is 2.50. The third-order valence-corrected chi connectivity index (χ3v) is 3.41. The average Bonchev–Trinajstić information content (AvgIpc) is 2.43. The lowest BCUT2D eigenvalue weighted by Gasteiger charge is -2.09. The van der Waals surface area contributed by atoms with Gasteiger partial charge in [0, 0.05) is 18.5 Å². The van der Waals surface area contributed by atoms with Gasteiger partial charge >= 0.3 is 11.6 Å². The fourth-order valence-electron chi connectivity index (χ4n) is 2.50. The van der Waals surface area contributed by atoms with Gasteiger partial charge in [0.2, 0.25) is 0 Å². The highest BCUT2D eigenvalue weighted by atomic mass is 16.4. The third kappa shape index (κ3) is 2.01. The summed E-state index contributed by atoms with van der Waals surface area (Å²) in [6.07, 6.45) is -0.407. The first kappa shape index (κ1) is 13.1. The van der Waals surface area contributed by atoms with Crippen LogP contribution in [0.1, 0.15) is 5.56 Å². The predicted molar refractivity (Wildman–Crippen MR) is 76.6 cm³/mol. The molecule has 0 saturated heterocycles. The molecule has 0 aliphatic rings. The molecule has 3 aromatic rings. The minimum atomic E-state index is -1.11. The van der Waals surface area contributed by atoms with E-state index in [1.54, 1.807) is 31.3 Å². The van der Waals surface area contributed by atoms with Gasteiger partial charge in [0.1, 0.15) is 0 Å². The zero-order chi connectivity index (χ0) is 15.1. The summed E-state index contributed by atoms with van der Waals surface area (Å²) in [5.41, 5.74) is -0.135. The van der Waals surface area contributed by atoms with Crippen LogP contribution < -0.4 is 11.2 Å². The number of para-hydroxylation sites is 1. The van der Waals surface area contributed by atoms with Crippen LogP contribution in [0.15, 0.2) is 44.3 Å². The number of hydrogen-bond donors (Lipinski definition) is 1. The standard InChI is InChI=1S/C15H11NO5/c1-16-10-5-3-2-4-9(10)14-13(15(16)20)8(6-11(17)18)7-12(19)21-14/h2-5,7H,6H2,1H3,(H,17,18). The average molecular weight is 285 g/mol. The van der Waals surface area contributed by atoms with E-state index in [9.17, 15) is 14.4 Å². The highest BCUT2D eigenvalue weighted by molar-refractivity contribution is 6.03. The van der Waals surface area contributed by atoms with E-state index in [-0.39, 0.29) is 22.1 Å². The molecule has 0 unspecified atom stereocenters. The van der Waals surface area contributed by atoms with Crippen molar-refractivity contribution in [1.29, 1.82) is 0 Å². The molecule has 0 amide bonds. The van der Waals surface area contributed by atoms with Gasteiger partial charge < -0.3 is 14.1 Å². The maximum Gasteiger partial charge on any atom is 0.336 e. The van der Waals surface area contributed by atoms with Gasteiger partial charge in [-0.05, 0) is 17.7 Å². The number of benzene rings is 1. The Hall–Kier alpha value is -2.89. The molecule has 0 aliphatic carbocycles. The molecule has 1 aromatic carbocycles. The largest absolute Gasteiger partial charge is 0.481 e. The van der Waals surface area contributed by atoms with E-state index in [0.29, 0.717) is 10.9 Å². The summed E-state index contributed by atoms with van der Waals surface area (Å²) in [7, 11) is 1.60. The number of pyridine rings is 1. The number of aryl methyl sites for hydroxylation is 1. The van der Waals surface area contributed by atoms with Crippen molar-refractivity contribution in [2.75, 3.05) is 0 Å². The first-order valence-electron chi connectivity index (χ1n) is 6.25. The number of nitrogens with zero attached hydrogens (tertiary/aromatic N) is 1. The van der Waals surface area contributed by atoms with Gasteiger partial charge in [0.05, 0.1) is 17.3 Å². The molecule has 1 N–H and O–H groups in total. The smallest absolute Gasteiger partial charge is 0.336 e. The van der Waals surface area contributed by atoms with Crippen molar-refractivity contribution in [1.82, 2.24) is 4.57 Å². The molecule has 2 aromatic heterocycles. The van der Waals surface area contributed by atoms with E-state index in [1.165, 1.54) is 4.57 Å². The summed E-state index contributed by atoms with van der Waals surface area (Å²) < 4.78 is 6.59. The fraction of sp³-hybridized carbons (Fsp3) is 0.133. The van der Waals surface area contributed by atoms with Gasteiger partial charge in [0.15, 0.2) is 5.58 Å². The number of aromatic nitrogens is 1. The first-order valence-corrected chi connectivity index (χ1v) is 6.25. The van der Waals surface area contributed by atoms with Crippen molar-refractivity contribution in [3.05, 3.63) is 56.7 Å². The van der Waals surface area contributed by atoms with E-state index < -0.39 is 18.0 Å². The first-order chi connectivity index (χ1) is 9.99. The maximum absolute atomic E-state index is 12.5. The van der Waals surface area contributed by atoms with Crippen molar-refractivity contribution in [2.24, 2.45) is 7.05 Å². The topological polar surface area (TPSA) is 89.5 Å². The minimum absolute atomic E-state index is 0.137. The molecule has 106 valence electrons. The lowest BCUT2D eigenvalue weighted by atomic mass is 10.1. The molecular weight excluding hydrogens is 274 g/mol. The quantitative estimate of drug-likeness (QED) is 0.716. The second-order valence-corrected chi connectivity index (χ2v) is 4.75. The van der Waals surface area contributed by atoms with Crippen LogP contribution in [-0.4, -0.2) is 15.6 Å². The van der Waals surface area contributed by atoms with Crippen LogP contribution in [0.3, 0.4) is 0 Å². The molecule has 0 aliphatic heterocycles. The predicted octanol–water partition coefficient (Wildman–Crippen LogP) is 1.27. The Kier molecular flexibility index (Phi) is 2.86. The Labute approximate surface area is 117 Å². The van der Waals surface area contributed by atoms with E-state index in [4.69, 9.17) is 9.52 Å². The Morgan fingerprint density at radius 2 is 2.00 bits per heavy atom. The van der Waals surface area contributed by atoms with E-state index >= 15 is 0 Å². The molecule has 2 heterocycles. The molecular formula is C15H11NO5. The van der Waals surface area contributed by atoms with Crippen LogP contribution in [-0.2, 0) is 18.3 Å². The molecule has 0 saturated carbocycles. The van der Waals surface area contributed by atoms with E-state index in [0.717, 1.165) is 6.07 Å². The number of carboxylic acid groups (broad SMARTS) is 1. The molecule has 0 atom stereocenters. The zero-order valence-corrected chi connectivity index (χ0v) is 11.1. The highest BCUT2D eigenvalue weighted by Gasteiger charge is 2.16. The lowest BCUT2D eigenvalue weighted by molar-refractivity contribution is -0.136. The van der Waals surface area contributed by atoms with Crippen molar-refractivity contribution in [2.45, 2.75) is 6.42 Å². The molecule has 0 radical (unpaired) electrons. The molecule has 0 bridgehead atoms. The lowest BCUT2D eigenvalue weighted by Crippen LogP contribution is -2.21. The molecule has 21 heavy (non-hydrogen) atoms. The van der Waals surface area contributed by atoms with Crippen molar-refractivity contribution < 1.29 is 14.3 Å². The minimum Gasteiger partial charge on any atom is -0.481 e. The highest BCUT2D eigenvalue weighted by Crippen LogP contribution is 2.23. The molecule has 6 nitrogen and oxygen atoms in total. The summed E-state index contributed by atoms with van der Waals surface area (Å²) in [5, 5.41) is 9.68. The van der Waals surface area contributed by atoms with Gasteiger partial charge in [-0.3, -0.25) is 9.59 Å². The summed E-state index contributed by atoms with van der Waals surface area (Å²) in [5.74, 6) is -1.11. The van der Waals surface area contributed by atoms with Crippen LogP contribution in [0.4, 0.5) is 0 Å². The number of carboxylic acids is 1. The second kappa shape index (κ2) is 4.59. The molecule has 0 fully saturated rings. The van der Waals surface area contributed by atoms with Crippen LogP contribution >= 0.6 is 0 Å². The maximum atomic E-state index is 12.5. The molecule has 3 rings (SSSR count). The van der Waals surface area contributed by atoms with Crippen LogP contribution in [0.5, 0.6) is 0 Å². The summed E-state index contributed by atoms with van der Waals surface area (Å²) in [6, 6.07) is 8.06. The Morgan fingerprint density at radius 3 is 2.71 bits per heavy atom. The van der Waals surface area contributed by atoms with Crippen molar-refractivity contribution >= 4 is 27.8 Å². The van der Waals surface area contributed by atoms with Gasteiger partial charge in [-0.25, -0.2) is 4.79 Å². The van der Waals surface area contributed by atoms with Crippen LogP contribution in [0.25, 0.3) is 21.9 Å². The Bertz CT molecular complexity index is 997. The number of hydrogen-bond acceptors (Lipinski definition) is 4. The Morgan fingerprint density at radius 1 is 1.29 bits per heavy atom. The monoisotopic (exact) mass is 285 g/mol. The van der Waals surface area contributed by atoms with Crippen molar-refractivity contribution in [3.8, 4) is 0 Å². The zero-order valence-electron chi connectivity index (χ0n) is 11.1. The van der Waals surface area contributed by atoms with Crippen molar-refractivity contribution in [3.63, 3.8) is 0 Å². The van der Waals surface area contributed by atoms with Gasteiger partial charge in [-0.1, -0.05) is 12.1 Å². The van der Waals surface area contributed by atoms with E-state index in [2.05, 4.69) is 0 Å². The number of carbonyl (C=O) groups is 1. The van der Waals surface area contributed by atoms with Gasteiger partial charge in [0.25, 0.3) is 5.56 Å². The summed E-state index contributed by atoms with van der Waals surface area (Å²) in [4.78, 5) is 35.1. The number of fused-ring (bicyclic) bond motifs is 3. The van der Waals surface area contributed by atoms with Gasteiger partial charge in [-0.2, -0.15) is 0 Å². The molecule has 6 heteroatoms. The van der Waals surface area contributed by atoms with Crippen LogP contribution in [0, 0.1) is 0 Å². The van der Waals surface area contributed by atoms with E-state index in [1.807, 2.05) is 0 Å². The number of aliphatic carboxylic acids is 1. The summed E-state index contributed by atoms with van der Waals surface area (Å²) in [6.45, 7) is 0. The number of rotatable bonds is 2. The Balaban J connectivity index is 2.61.